The first-order valence-electron chi connectivity index (χ1n) is 9.84. The number of nitrogens with one attached hydrogen (secondary N) is 1. The molecule has 150 valence electrons. The van der Waals surface area contributed by atoms with Crippen molar-refractivity contribution < 1.29 is 13.6 Å². The monoisotopic (exact) mass is 425 g/mol. The van der Waals surface area contributed by atoms with E-state index < -0.39 is 13.4 Å². The molecule has 0 aromatic heterocycles. The highest BCUT2D eigenvalue weighted by Crippen LogP contribution is 2.51. The highest BCUT2D eigenvalue weighted by Gasteiger charge is 2.32. The third-order valence-corrected chi connectivity index (χ3v) is 7.86. The molecule has 1 atom stereocenters. The van der Waals surface area contributed by atoms with Gasteiger partial charge in [-0.1, -0.05) is 66.8 Å². The minimum Gasteiger partial charge on any atom is -0.362 e. The van der Waals surface area contributed by atoms with Crippen molar-refractivity contribution in [2.45, 2.75) is 26.6 Å². The topological polar surface area (TPSA) is 47.6 Å². The Morgan fingerprint density at radius 1 is 0.931 bits per heavy atom. The smallest absolute Gasteiger partial charge is 0.352 e. The molecule has 0 aliphatic heterocycles. The van der Waals surface area contributed by atoms with Crippen molar-refractivity contribution in [2.75, 3.05) is 13.2 Å². The van der Waals surface area contributed by atoms with Crippen LogP contribution in [-0.4, -0.2) is 24.0 Å². The Balaban J connectivity index is 1.77. The number of thiocarbonyl (C=S) groups is 1. The highest BCUT2D eigenvalue weighted by atomic mass is 32.1. The molecule has 4 aromatic rings. The van der Waals surface area contributed by atoms with E-state index >= 15 is 0 Å². The Morgan fingerprint density at radius 3 is 2.10 bits per heavy atom. The van der Waals surface area contributed by atoms with E-state index in [1.807, 2.05) is 6.07 Å². The van der Waals surface area contributed by atoms with E-state index in [1.54, 1.807) is 20.8 Å². The Kier molecular flexibility index (Phi) is 5.58. The molecule has 0 amide bonds. The third kappa shape index (κ3) is 3.53. The second kappa shape index (κ2) is 8.00. The van der Waals surface area contributed by atoms with Gasteiger partial charge < -0.3 is 14.4 Å². The quantitative estimate of drug-likeness (QED) is 0.209. The average Bonchev–Trinajstić information content (AvgIpc) is 2.72. The minimum atomic E-state index is -3.30. The molecule has 0 bridgehead atoms. The van der Waals surface area contributed by atoms with Gasteiger partial charge in [-0.2, -0.15) is 0 Å². The second-order valence-electron chi connectivity index (χ2n) is 6.99. The first-order chi connectivity index (χ1) is 14.0. The molecule has 0 spiro atoms. The fourth-order valence-electron chi connectivity index (χ4n) is 3.90. The van der Waals surface area contributed by atoms with E-state index in [-0.39, 0.29) is 0 Å². The zero-order valence-electron chi connectivity index (χ0n) is 16.8. The minimum absolute atomic E-state index is 0.314. The number of benzene rings is 4. The SMILES string of the molecule is CCOP(=O)(OCC)C(C)NC(=S)c1ccc2ccc3cccc4ccc1c2c34. The Bertz CT molecular complexity index is 1210. The molecule has 0 fully saturated rings. The van der Waals surface area contributed by atoms with Crippen LogP contribution in [0.1, 0.15) is 26.3 Å². The van der Waals surface area contributed by atoms with Crippen molar-refractivity contribution in [2.24, 2.45) is 0 Å². The number of hydrogen-bond donors (Lipinski definition) is 1. The molecule has 0 aliphatic carbocycles. The molecular formula is C23H24NO3PS. The summed E-state index contributed by atoms with van der Waals surface area (Å²) in [6, 6.07) is 19.0. The van der Waals surface area contributed by atoms with Gasteiger partial charge in [-0.15, -0.1) is 0 Å². The lowest BCUT2D eigenvalue weighted by Crippen LogP contribution is -2.33. The Hall–Kier alpha value is -2.04. The van der Waals surface area contributed by atoms with Crippen LogP contribution in [-0.2, 0) is 13.6 Å². The molecule has 1 N–H and O–H groups in total. The molecule has 4 aromatic carbocycles. The summed E-state index contributed by atoms with van der Waals surface area (Å²) in [5, 5.41) is 10.3. The van der Waals surface area contributed by atoms with E-state index in [4.69, 9.17) is 21.3 Å². The molecule has 0 aliphatic rings. The van der Waals surface area contributed by atoms with Crippen LogP contribution in [0.15, 0.2) is 54.6 Å². The van der Waals surface area contributed by atoms with Crippen LogP contribution in [0.2, 0.25) is 0 Å². The van der Waals surface area contributed by atoms with Gasteiger partial charge in [0.1, 0.15) is 10.8 Å². The van der Waals surface area contributed by atoms with Crippen molar-refractivity contribution >= 4 is 57.1 Å². The van der Waals surface area contributed by atoms with E-state index in [1.165, 1.54) is 26.9 Å². The molecule has 0 heterocycles. The van der Waals surface area contributed by atoms with Crippen LogP contribution < -0.4 is 5.32 Å². The summed E-state index contributed by atoms with van der Waals surface area (Å²) < 4.78 is 24.0. The van der Waals surface area contributed by atoms with Gasteiger partial charge in [-0.25, -0.2) is 0 Å². The van der Waals surface area contributed by atoms with Gasteiger partial charge in [0.05, 0.1) is 13.2 Å². The van der Waals surface area contributed by atoms with E-state index in [0.29, 0.717) is 18.2 Å². The normalized spacial score (nSPS) is 13.3. The lowest BCUT2D eigenvalue weighted by atomic mass is 9.92. The van der Waals surface area contributed by atoms with Gasteiger partial charge >= 0.3 is 7.60 Å². The zero-order valence-corrected chi connectivity index (χ0v) is 18.5. The summed E-state index contributed by atoms with van der Waals surface area (Å²) in [5.74, 6) is -0.548. The summed E-state index contributed by atoms with van der Waals surface area (Å²) in [6.07, 6.45) is 0. The van der Waals surface area contributed by atoms with Crippen molar-refractivity contribution in [3.8, 4) is 0 Å². The van der Waals surface area contributed by atoms with Crippen molar-refractivity contribution in [3.63, 3.8) is 0 Å². The fourth-order valence-corrected chi connectivity index (χ4v) is 5.87. The van der Waals surface area contributed by atoms with Crippen molar-refractivity contribution in [1.29, 1.82) is 0 Å². The van der Waals surface area contributed by atoms with Crippen LogP contribution in [0.4, 0.5) is 0 Å². The predicted molar refractivity (Wildman–Crippen MR) is 125 cm³/mol. The largest absolute Gasteiger partial charge is 0.362 e. The molecule has 29 heavy (non-hydrogen) atoms. The van der Waals surface area contributed by atoms with Gasteiger partial charge in [0.25, 0.3) is 0 Å². The molecule has 0 saturated carbocycles. The van der Waals surface area contributed by atoms with Crippen molar-refractivity contribution in [1.82, 2.24) is 5.32 Å². The lowest BCUT2D eigenvalue weighted by molar-refractivity contribution is 0.212. The van der Waals surface area contributed by atoms with E-state index in [0.717, 1.165) is 10.9 Å². The van der Waals surface area contributed by atoms with E-state index in [9.17, 15) is 4.57 Å². The van der Waals surface area contributed by atoms with Crippen LogP contribution in [0.3, 0.4) is 0 Å². The lowest BCUT2D eigenvalue weighted by Gasteiger charge is -2.25. The van der Waals surface area contributed by atoms with Gasteiger partial charge in [-0.3, -0.25) is 4.57 Å². The maximum Gasteiger partial charge on any atom is 0.352 e. The molecule has 6 heteroatoms. The standard InChI is InChI=1S/C23H24NO3PS/c1-4-26-28(25,27-5-2)15(3)24-23(29)20-14-12-18-10-9-16-7-6-8-17-11-13-19(20)22(18)21(16)17/h6-15H,4-5H2,1-3H3,(H,24,29). The second-order valence-corrected chi connectivity index (χ2v) is 9.77. The zero-order chi connectivity index (χ0) is 20.6. The first-order valence-corrected chi connectivity index (χ1v) is 11.9. The van der Waals surface area contributed by atoms with Crippen LogP contribution >= 0.6 is 19.8 Å². The maximum atomic E-state index is 13.1. The molecule has 0 saturated heterocycles. The van der Waals surface area contributed by atoms with E-state index in [2.05, 4.69) is 53.8 Å². The Morgan fingerprint density at radius 2 is 1.48 bits per heavy atom. The van der Waals surface area contributed by atoms with Gasteiger partial charge in [0.2, 0.25) is 0 Å². The summed E-state index contributed by atoms with van der Waals surface area (Å²) in [6.45, 7) is 6.02. The number of hydrogen-bond acceptors (Lipinski definition) is 4. The first kappa shape index (κ1) is 20.2. The molecule has 0 radical (unpaired) electrons. The van der Waals surface area contributed by atoms with Crippen LogP contribution in [0.25, 0.3) is 32.3 Å². The molecular weight excluding hydrogens is 401 g/mol. The highest BCUT2D eigenvalue weighted by molar-refractivity contribution is 7.80. The molecule has 4 nitrogen and oxygen atoms in total. The summed E-state index contributed by atoms with van der Waals surface area (Å²) in [7, 11) is -3.30. The van der Waals surface area contributed by atoms with Crippen molar-refractivity contribution in [3.05, 3.63) is 60.2 Å². The summed E-state index contributed by atoms with van der Waals surface area (Å²) in [5.41, 5.74) is 0.914. The predicted octanol–water partition coefficient (Wildman–Crippen LogP) is 6.46. The van der Waals surface area contributed by atoms with Crippen LogP contribution in [0, 0.1) is 0 Å². The van der Waals surface area contributed by atoms with Gasteiger partial charge in [-0.05, 0) is 53.1 Å². The summed E-state index contributed by atoms with van der Waals surface area (Å²) >= 11 is 5.72. The van der Waals surface area contributed by atoms with Crippen LogP contribution in [0.5, 0.6) is 0 Å². The maximum absolute atomic E-state index is 13.1. The Labute approximate surface area is 176 Å². The molecule has 4 rings (SSSR count). The average molecular weight is 425 g/mol. The third-order valence-electron chi connectivity index (χ3n) is 5.21. The fraction of sp³-hybridized carbons (Fsp3) is 0.261. The van der Waals surface area contributed by atoms with Gasteiger partial charge in [0.15, 0.2) is 0 Å². The summed E-state index contributed by atoms with van der Waals surface area (Å²) in [4.78, 5) is 0.537. The number of rotatable bonds is 7. The van der Waals surface area contributed by atoms with Gasteiger partial charge in [0, 0.05) is 5.56 Å². The molecule has 1 unspecified atom stereocenters.